The summed E-state index contributed by atoms with van der Waals surface area (Å²) in [5.41, 5.74) is 23.4. The van der Waals surface area contributed by atoms with Gasteiger partial charge in [-0.2, -0.15) is 30.6 Å². The molecule has 0 bridgehead atoms. The van der Waals surface area contributed by atoms with Crippen LogP contribution in [0, 0.1) is 0 Å². The minimum Gasteiger partial charge on any atom is -0.480 e. The third-order valence-corrected chi connectivity index (χ3v) is 10.4. The molecule has 0 aliphatic carbocycles. The van der Waals surface area contributed by atoms with Gasteiger partial charge in [-0.05, 0) is 133 Å². The third kappa shape index (κ3) is 16.3. The highest BCUT2D eigenvalue weighted by atomic mass is 79.9. The van der Waals surface area contributed by atoms with Gasteiger partial charge in [0.1, 0.15) is 36.7 Å². The average molecular weight is 1130 g/mol. The monoisotopic (exact) mass is 1130 g/mol. The van der Waals surface area contributed by atoms with Gasteiger partial charge in [-0.1, -0.05) is 15.9 Å². The molecule has 0 radical (unpaired) electrons. The average Bonchev–Trinajstić information content (AvgIpc) is 4.07. The maximum atomic E-state index is 12.1. The molecular weight excluding hydrogens is 1080 g/mol. The van der Waals surface area contributed by atoms with Crippen LogP contribution in [-0.2, 0) is 43.5 Å². The number of primary amides is 3. The van der Waals surface area contributed by atoms with Gasteiger partial charge >= 0.3 is 17.9 Å². The zero-order valence-electron chi connectivity index (χ0n) is 42.8. The Balaban J connectivity index is 0.000000179. The fourth-order valence-electron chi connectivity index (χ4n) is 7.04. The van der Waals surface area contributed by atoms with E-state index in [1.54, 1.807) is 151 Å². The van der Waals surface area contributed by atoms with Gasteiger partial charge in [0, 0.05) is 50.6 Å². The molecule has 0 unspecified atom stereocenters. The van der Waals surface area contributed by atoms with Crippen LogP contribution in [0.1, 0.15) is 73.0 Å². The summed E-state index contributed by atoms with van der Waals surface area (Å²) in [6.45, 7) is 10.2. The number of halogens is 1. The Morgan fingerprint density at radius 3 is 1.23 bits per heavy atom. The van der Waals surface area contributed by atoms with Crippen molar-refractivity contribution < 1.29 is 43.3 Å². The van der Waals surface area contributed by atoms with E-state index in [-0.39, 0.29) is 36.7 Å². The van der Waals surface area contributed by atoms with Crippen molar-refractivity contribution in [1.82, 2.24) is 59.9 Å². The first-order valence-corrected chi connectivity index (χ1v) is 24.0. The molecule has 27 nitrogen and oxygen atoms in total. The third-order valence-electron chi connectivity index (χ3n) is 9.88. The summed E-state index contributed by atoms with van der Waals surface area (Å²) in [6.07, 6.45) is 4.70. The van der Waals surface area contributed by atoms with Crippen LogP contribution >= 0.6 is 15.9 Å². The van der Waals surface area contributed by atoms with Crippen molar-refractivity contribution in [2.45, 2.75) is 72.4 Å². The minimum absolute atomic E-state index is 0.0176. The molecule has 0 fully saturated rings. The van der Waals surface area contributed by atoms with E-state index in [2.05, 4.69) is 72.5 Å². The summed E-state index contributed by atoms with van der Waals surface area (Å²) in [4.78, 5) is 69.7. The Morgan fingerprint density at radius 2 is 0.910 bits per heavy atom. The Hall–Kier alpha value is -9.99. The van der Waals surface area contributed by atoms with Gasteiger partial charge in [-0.3, -0.25) is 42.8 Å². The van der Waals surface area contributed by atoms with E-state index < -0.39 is 46.8 Å². The van der Waals surface area contributed by atoms with Crippen molar-refractivity contribution in [3.63, 3.8) is 0 Å². The molecule has 0 aliphatic heterocycles. The van der Waals surface area contributed by atoms with Crippen LogP contribution in [0.15, 0.2) is 114 Å². The summed E-state index contributed by atoms with van der Waals surface area (Å²) >= 11 is 3.33. The van der Waals surface area contributed by atoms with Crippen molar-refractivity contribution in [2.75, 3.05) is 16.4 Å². The van der Waals surface area contributed by atoms with Gasteiger partial charge in [0.15, 0.2) is 28.7 Å². The molecule has 0 saturated heterocycles. The fourth-order valence-corrected chi connectivity index (χ4v) is 7.40. The Bertz CT molecular complexity index is 3620. The number of carboxylic acid groups (broad SMARTS) is 1. The Morgan fingerprint density at radius 1 is 0.538 bits per heavy atom. The van der Waals surface area contributed by atoms with Gasteiger partial charge in [0.05, 0.1) is 16.6 Å². The number of aliphatic carboxylic acids is 1. The zero-order valence-corrected chi connectivity index (χ0v) is 44.4. The number of carbonyl (C=O) groups excluding carboxylic acids is 5. The summed E-state index contributed by atoms with van der Waals surface area (Å²) in [7, 11) is 0. The number of rotatable bonds is 13. The van der Waals surface area contributed by atoms with Crippen molar-refractivity contribution in [1.29, 1.82) is 0 Å². The number of carboxylic acids is 1. The number of nitrogen functional groups attached to an aromatic ring is 1. The first kappa shape index (κ1) is 57.3. The van der Waals surface area contributed by atoms with Crippen LogP contribution in [0.3, 0.4) is 0 Å². The maximum absolute atomic E-state index is 12.1. The van der Waals surface area contributed by atoms with Gasteiger partial charge in [-0.25, -0.2) is 0 Å². The Labute approximate surface area is 451 Å². The highest BCUT2D eigenvalue weighted by Crippen LogP contribution is 2.27. The molecule has 28 heteroatoms. The van der Waals surface area contributed by atoms with Crippen LogP contribution in [0.5, 0.6) is 0 Å². The van der Waals surface area contributed by atoms with Crippen LogP contribution in [-0.4, -0.2) is 112 Å². The number of hydrogen-bond donors (Lipinski definition) is 7. The number of nitrogens with zero attached hydrogens (tertiary/aromatic N) is 12. The van der Waals surface area contributed by atoms with E-state index in [4.69, 9.17) is 37.5 Å². The number of benzene rings is 3. The lowest BCUT2D eigenvalue weighted by molar-refractivity contribution is -0.156. The number of hydrogen-bond acceptors (Lipinski definition) is 20. The Kier molecular flexibility index (Phi) is 18.4. The van der Waals surface area contributed by atoms with Crippen LogP contribution in [0.25, 0.3) is 32.7 Å². The fraction of sp³-hybridized carbons (Fsp3) is 0.220. The van der Waals surface area contributed by atoms with Crippen molar-refractivity contribution >= 4 is 113 Å². The van der Waals surface area contributed by atoms with Gasteiger partial charge in [0.25, 0.3) is 17.7 Å². The second-order valence-electron chi connectivity index (χ2n) is 18.4. The second-order valence-corrected chi connectivity index (χ2v) is 19.3. The van der Waals surface area contributed by atoms with Crippen molar-refractivity contribution in [3.8, 4) is 0 Å². The predicted octanol–water partition coefficient (Wildman–Crippen LogP) is 5.06. The second kappa shape index (κ2) is 25.0. The quantitative estimate of drug-likeness (QED) is 0.0741. The molecule has 3 aromatic carbocycles. The molecule has 6 heterocycles. The number of ether oxygens (including phenoxy) is 2. The van der Waals surface area contributed by atoms with Crippen LogP contribution < -0.4 is 33.6 Å². The first-order valence-electron chi connectivity index (χ1n) is 23.2. The number of fused-ring (bicyclic) bond motifs is 3. The highest BCUT2D eigenvalue weighted by Gasteiger charge is 2.23. The number of anilines is 5. The lowest BCUT2D eigenvalue weighted by Crippen LogP contribution is -2.27. The van der Waals surface area contributed by atoms with Gasteiger partial charge < -0.3 is 48.1 Å². The molecule has 9 rings (SSSR count). The highest BCUT2D eigenvalue weighted by molar-refractivity contribution is 9.10. The first-order chi connectivity index (χ1) is 36.8. The van der Waals surface area contributed by atoms with Crippen molar-refractivity contribution in [3.05, 3.63) is 131 Å². The predicted molar refractivity (Wildman–Crippen MR) is 289 cm³/mol. The molecular formula is C50H53BrN18O9. The van der Waals surface area contributed by atoms with Gasteiger partial charge in [0.2, 0.25) is 0 Å². The summed E-state index contributed by atoms with van der Waals surface area (Å²) in [5.74, 6) is -2.44. The number of nitrogens with one attached hydrogen (secondary N) is 2. The number of esters is 2. The lowest BCUT2D eigenvalue weighted by atomic mass is 10.1. The topological polar surface area (TPSA) is 400 Å². The van der Waals surface area contributed by atoms with Gasteiger partial charge in [-0.15, -0.1) is 15.3 Å². The number of amides is 3. The number of nitrogens with two attached hydrogens (primary N) is 4. The lowest BCUT2D eigenvalue weighted by Gasteiger charge is -2.19. The van der Waals surface area contributed by atoms with E-state index in [1.165, 1.54) is 14.0 Å². The molecule has 0 aliphatic rings. The van der Waals surface area contributed by atoms with E-state index in [1.807, 2.05) is 0 Å². The molecule has 78 heavy (non-hydrogen) atoms. The van der Waals surface area contributed by atoms with Crippen molar-refractivity contribution in [2.24, 2.45) is 17.2 Å². The van der Waals surface area contributed by atoms with E-state index in [0.717, 1.165) is 4.47 Å². The summed E-state index contributed by atoms with van der Waals surface area (Å²) in [6, 6.07) is 26.0. The molecule has 0 atom stereocenters. The summed E-state index contributed by atoms with van der Waals surface area (Å²) in [5, 5.41) is 51.4. The van der Waals surface area contributed by atoms with E-state index >= 15 is 0 Å². The van der Waals surface area contributed by atoms with Crippen LogP contribution in [0.2, 0.25) is 0 Å². The molecule has 3 amide bonds. The molecule has 6 aromatic heterocycles. The number of carbonyl (C=O) groups is 6. The largest absolute Gasteiger partial charge is 0.480 e. The summed E-state index contributed by atoms with van der Waals surface area (Å²) < 4.78 is 15.4. The normalized spacial score (nSPS) is 11.0. The molecule has 404 valence electrons. The maximum Gasteiger partial charge on any atom is 0.328 e. The SMILES string of the molecule is CC(C)(C)OC(=O)Cn1nc(C(N)=O)c2cc(Br)ccc21.CC(C)(C)OC(=O)Cn1nc(C(N)=O)c2cc(Nc3cccnn3)ccc21.NC(=O)c1nn(CC(=O)O)c2ccc(Nc3cccnn3)cc12.Nc1cccnn1. The molecule has 9 aromatic rings. The standard InChI is InChI=1S/C18H20N6O3.C14H16BrN3O3.C14H12N6O3.C4H5N3/c1-18(2,3)27-15(25)10-24-13-7-6-11(21-14-5-4-8-20-22-14)9-12(13)16(23-24)17(19)26;1-14(2,3)21-11(19)7-18-10-5-4-8(15)6-9(10)12(17-18)13(16)20;15-14(23)13-9-6-8(17-11-2-1-5-16-18-11)3-4-10(9)20(19-13)7-12(21)22;5-4-2-1-3-6-7-4/h4-9H,10H2,1-3H3,(H2,19,26)(H,21,22);4-6H,7H2,1-3H3,(H2,16,20);1-6H,7H2,(H2,15,23)(H,17,18)(H,21,22);1-3H,(H2,5,7). The van der Waals surface area contributed by atoms with Crippen LogP contribution in [0.4, 0.5) is 28.8 Å². The smallest absolute Gasteiger partial charge is 0.328 e. The number of aromatic nitrogens is 12. The minimum atomic E-state index is -1.06. The van der Waals surface area contributed by atoms with E-state index in [9.17, 15) is 28.8 Å². The molecule has 0 saturated carbocycles. The van der Waals surface area contributed by atoms with E-state index in [0.29, 0.717) is 61.5 Å². The zero-order chi connectivity index (χ0) is 56.9. The molecule has 0 spiro atoms. The molecule has 11 N–H and O–H groups in total.